The molecule has 18 heavy (non-hydrogen) atoms. The second-order valence-corrected chi connectivity index (χ2v) is 5.59. The van der Waals surface area contributed by atoms with E-state index >= 15 is 0 Å². The second-order valence-electron chi connectivity index (χ2n) is 4.09. The SMILES string of the molecule is CCCn1nc(C)c(N)c1Sc1cccc(Cl)c1. The van der Waals surface area contributed by atoms with Gasteiger partial charge in [-0.15, -0.1) is 0 Å². The number of hydrogen-bond donors (Lipinski definition) is 1. The molecule has 0 spiro atoms. The summed E-state index contributed by atoms with van der Waals surface area (Å²) in [6.07, 6.45) is 1.03. The van der Waals surface area contributed by atoms with Gasteiger partial charge in [-0.05, 0) is 31.5 Å². The number of nitrogens with zero attached hydrogens (tertiary/aromatic N) is 2. The summed E-state index contributed by atoms with van der Waals surface area (Å²) < 4.78 is 1.97. The molecule has 2 N–H and O–H groups in total. The average Bonchev–Trinajstić information content (AvgIpc) is 2.58. The smallest absolute Gasteiger partial charge is 0.122 e. The van der Waals surface area contributed by atoms with Gasteiger partial charge in [0.25, 0.3) is 0 Å². The summed E-state index contributed by atoms with van der Waals surface area (Å²) in [6.45, 7) is 4.94. The lowest BCUT2D eigenvalue weighted by molar-refractivity contribution is 0.556. The highest BCUT2D eigenvalue weighted by Crippen LogP contribution is 2.34. The van der Waals surface area contributed by atoms with Gasteiger partial charge in [0.05, 0.1) is 11.4 Å². The first-order valence-electron chi connectivity index (χ1n) is 5.88. The Hall–Kier alpha value is -1.13. The number of rotatable bonds is 4. The molecule has 0 fully saturated rings. The highest BCUT2D eigenvalue weighted by Gasteiger charge is 2.13. The number of hydrogen-bond acceptors (Lipinski definition) is 3. The van der Waals surface area contributed by atoms with E-state index in [0.717, 1.165) is 39.3 Å². The first kappa shape index (κ1) is 13.3. The average molecular weight is 282 g/mol. The number of halogens is 1. The van der Waals surface area contributed by atoms with Crippen LogP contribution >= 0.6 is 23.4 Å². The molecule has 0 atom stereocenters. The molecule has 5 heteroatoms. The summed E-state index contributed by atoms with van der Waals surface area (Å²) in [5.41, 5.74) is 7.72. The summed E-state index contributed by atoms with van der Waals surface area (Å²) >= 11 is 7.60. The summed E-state index contributed by atoms with van der Waals surface area (Å²) in [6, 6.07) is 7.76. The molecule has 1 aromatic carbocycles. The van der Waals surface area contributed by atoms with Crippen molar-refractivity contribution in [3.63, 3.8) is 0 Å². The lowest BCUT2D eigenvalue weighted by Gasteiger charge is -2.06. The zero-order valence-corrected chi connectivity index (χ0v) is 12.1. The van der Waals surface area contributed by atoms with Crippen molar-refractivity contribution >= 4 is 29.1 Å². The molecule has 0 aliphatic carbocycles. The van der Waals surface area contributed by atoms with E-state index in [1.54, 1.807) is 11.8 Å². The summed E-state index contributed by atoms with van der Waals surface area (Å²) in [5.74, 6) is 0. The Balaban J connectivity index is 2.33. The predicted octanol–water partition coefficient (Wildman–Crippen LogP) is 3.99. The zero-order valence-electron chi connectivity index (χ0n) is 10.5. The van der Waals surface area contributed by atoms with Crippen molar-refractivity contribution in [2.45, 2.75) is 36.7 Å². The van der Waals surface area contributed by atoms with E-state index in [0.29, 0.717) is 0 Å². The Bertz CT molecular complexity index is 551. The van der Waals surface area contributed by atoms with E-state index in [-0.39, 0.29) is 0 Å². The van der Waals surface area contributed by atoms with Crippen molar-refractivity contribution in [2.75, 3.05) is 5.73 Å². The number of benzene rings is 1. The van der Waals surface area contributed by atoms with Crippen LogP contribution in [0.2, 0.25) is 5.02 Å². The maximum atomic E-state index is 6.08. The highest BCUT2D eigenvalue weighted by atomic mass is 35.5. The van der Waals surface area contributed by atoms with Crippen molar-refractivity contribution in [3.05, 3.63) is 35.0 Å². The van der Waals surface area contributed by atoms with Gasteiger partial charge in [-0.25, -0.2) is 0 Å². The maximum absolute atomic E-state index is 6.08. The van der Waals surface area contributed by atoms with E-state index in [1.807, 2.05) is 35.9 Å². The minimum Gasteiger partial charge on any atom is -0.395 e. The molecule has 0 aliphatic heterocycles. The van der Waals surface area contributed by atoms with Crippen LogP contribution in [0.1, 0.15) is 19.0 Å². The van der Waals surface area contributed by atoms with E-state index in [2.05, 4.69) is 12.0 Å². The Morgan fingerprint density at radius 2 is 2.22 bits per heavy atom. The van der Waals surface area contributed by atoms with E-state index in [1.165, 1.54) is 0 Å². The van der Waals surface area contributed by atoms with Crippen LogP contribution in [0.3, 0.4) is 0 Å². The summed E-state index contributed by atoms with van der Waals surface area (Å²) in [4.78, 5) is 1.08. The quantitative estimate of drug-likeness (QED) is 0.921. The first-order chi connectivity index (χ1) is 8.61. The lowest BCUT2D eigenvalue weighted by Crippen LogP contribution is -2.01. The van der Waals surface area contributed by atoms with E-state index < -0.39 is 0 Å². The maximum Gasteiger partial charge on any atom is 0.122 e. The van der Waals surface area contributed by atoms with Gasteiger partial charge in [0.2, 0.25) is 0 Å². The number of aryl methyl sites for hydroxylation is 2. The monoisotopic (exact) mass is 281 g/mol. The van der Waals surface area contributed by atoms with Crippen molar-refractivity contribution < 1.29 is 0 Å². The molecule has 0 aliphatic rings. The predicted molar refractivity (Wildman–Crippen MR) is 77.2 cm³/mol. The molecular formula is C13H16ClN3S. The molecule has 1 heterocycles. The topological polar surface area (TPSA) is 43.8 Å². The van der Waals surface area contributed by atoms with Crippen molar-refractivity contribution in [1.29, 1.82) is 0 Å². The summed E-state index contributed by atoms with van der Waals surface area (Å²) in [5, 5.41) is 6.19. The number of aromatic nitrogens is 2. The molecule has 3 nitrogen and oxygen atoms in total. The Kier molecular flexibility index (Phi) is 4.19. The molecule has 0 unspecified atom stereocenters. The lowest BCUT2D eigenvalue weighted by atomic mass is 10.4. The minimum absolute atomic E-state index is 0.733. The van der Waals surface area contributed by atoms with Crippen molar-refractivity contribution in [1.82, 2.24) is 9.78 Å². The normalized spacial score (nSPS) is 10.8. The molecule has 1 aromatic heterocycles. The van der Waals surface area contributed by atoms with Gasteiger partial charge < -0.3 is 5.73 Å². The zero-order chi connectivity index (χ0) is 13.1. The molecule has 0 bridgehead atoms. The van der Waals surface area contributed by atoms with Crippen LogP contribution in [0.4, 0.5) is 5.69 Å². The van der Waals surface area contributed by atoms with E-state index in [4.69, 9.17) is 17.3 Å². The molecule has 0 saturated carbocycles. The second kappa shape index (κ2) is 5.67. The van der Waals surface area contributed by atoms with Gasteiger partial charge in [-0.3, -0.25) is 4.68 Å². The van der Waals surface area contributed by atoms with Crippen molar-refractivity contribution in [3.8, 4) is 0 Å². The molecule has 0 saturated heterocycles. The Morgan fingerprint density at radius 1 is 1.44 bits per heavy atom. The van der Waals surface area contributed by atoms with Crippen LogP contribution in [0, 0.1) is 6.92 Å². The van der Waals surface area contributed by atoms with Crippen LogP contribution < -0.4 is 5.73 Å². The van der Waals surface area contributed by atoms with Gasteiger partial charge in [0.1, 0.15) is 5.03 Å². The Morgan fingerprint density at radius 3 is 2.89 bits per heavy atom. The van der Waals surface area contributed by atoms with Crippen LogP contribution in [-0.4, -0.2) is 9.78 Å². The van der Waals surface area contributed by atoms with Crippen LogP contribution in [0.25, 0.3) is 0 Å². The third-order valence-corrected chi connectivity index (χ3v) is 3.92. The molecule has 96 valence electrons. The van der Waals surface area contributed by atoms with Crippen LogP contribution in [-0.2, 0) is 6.54 Å². The summed E-state index contributed by atoms with van der Waals surface area (Å²) in [7, 11) is 0. The molecule has 0 radical (unpaired) electrons. The largest absolute Gasteiger partial charge is 0.395 e. The third kappa shape index (κ3) is 2.82. The number of anilines is 1. The first-order valence-corrected chi connectivity index (χ1v) is 7.07. The van der Waals surface area contributed by atoms with Gasteiger partial charge in [-0.1, -0.05) is 36.4 Å². The van der Waals surface area contributed by atoms with Gasteiger partial charge in [0, 0.05) is 16.5 Å². The Labute approximate surface area is 116 Å². The number of nitrogens with two attached hydrogens (primary N) is 1. The standard InChI is InChI=1S/C13H16ClN3S/c1-3-7-17-13(12(15)9(2)16-17)18-11-6-4-5-10(14)8-11/h4-6,8H,3,7,15H2,1-2H3. The fourth-order valence-electron chi connectivity index (χ4n) is 1.69. The van der Waals surface area contributed by atoms with Crippen LogP contribution in [0.5, 0.6) is 0 Å². The van der Waals surface area contributed by atoms with Crippen molar-refractivity contribution in [2.24, 2.45) is 0 Å². The number of nitrogen functional groups attached to an aromatic ring is 1. The van der Waals surface area contributed by atoms with Gasteiger partial charge >= 0.3 is 0 Å². The fourth-order valence-corrected chi connectivity index (χ4v) is 2.99. The van der Waals surface area contributed by atoms with Gasteiger partial charge in [0.15, 0.2) is 0 Å². The molecule has 0 amide bonds. The minimum atomic E-state index is 0.733. The van der Waals surface area contributed by atoms with Crippen LogP contribution in [0.15, 0.2) is 34.2 Å². The van der Waals surface area contributed by atoms with Gasteiger partial charge in [-0.2, -0.15) is 5.10 Å². The highest BCUT2D eigenvalue weighted by molar-refractivity contribution is 7.99. The molecule has 2 aromatic rings. The molecule has 2 rings (SSSR count). The van der Waals surface area contributed by atoms with E-state index in [9.17, 15) is 0 Å². The molecular weight excluding hydrogens is 266 g/mol. The fraction of sp³-hybridized carbons (Fsp3) is 0.308. The third-order valence-electron chi connectivity index (χ3n) is 2.57.